The maximum Gasteiger partial charge on any atom is 0.0495 e. The molecule has 1 aliphatic rings. The Morgan fingerprint density at radius 3 is 3.00 bits per heavy atom. The van der Waals surface area contributed by atoms with Gasteiger partial charge in [-0.25, -0.2) is 0 Å². The number of ether oxygens (including phenoxy) is 1. The van der Waals surface area contributed by atoms with Crippen molar-refractivity contribution >= 4 is 0 Å². The van der Waals surface area contributed by atoms with Crippen molar-refractivity contribution in [2.45, 2.75) is 12.8 Å². The lowest BCUT2D eigenvalue weighted by Gasteiger charge is -2.00. The fraction of sp³-hybridized carbons (Fsp3) is 1.00. The van der Waals surface area contributed by atoms with E-state index < -0.39 is 0 Å². The van der Waals surface area contributed by atoms with Crippen molar-refractivity contribution in [3.8, 4) is 0 Å². The second-order valence-electron chi connectivity index (χ2n) is 2.24. The predicted molar refractivity (Wildman–Crippen MR) is 30.6 cm³/mol. The van der Waals surface area contributed by atoms with Crippen LogP contribution in [0, 0.1) is 5.92 Å². The minimum absolute atomic E-state index is 0.314. The molecule has 0 radical (unpaired) electrons. The number of aliphatic hydroxyl groups is 1. The summed E-state index contributed by atoms with van der Waals surface area (Å²) in [7, 11) is 0. The normalized spacial score (nSPS) is 28.9. The first-order valence-corrected chi connectivity index (χ1v) is 3.12. The van der Waals surface area contributed by atoms with Crippen LogP contribution < -0.4 is 0 Å². The number of hydrogen-bond acceptors (Lipinski definition) is 2. The molecule has 1 rings (SSSR count). The van der Waals surface area contributed by atoms with E-state index in [1.807, 2.05) is 0 Å². The lowest BCUT2D eigenvalue weighted by atomic mass is 10.1. The first-order chi connectivity index (χ1) is 3.93. The van der Waals surface area contributed by atoms with Gasteiger partial charge < -0.3 is 9.84 Å². The molecule has 1 unspecified atom stereocenters. The summed E-state index contributed by atoms with van der Waals surface area (Å²) in [5.74, 6) is 0.639. The van der Waals surface area contributed by atoms with Crippen LogP contribution in [0.25, 0.3) is 0 Å². The molecule has 1 N–H and O–H groups in total. The van der Waals surface area contributed by atoms with Gasteiger partial charge in [0, 0.05) is 19.8 Å². The van der Waals surface area contributed by atoms with Gasteiger partial charge in [-0.15, -0.1) is 0 Å². The molecule has 1 fully saturated rings. The van der Waals surface area contributed by atoms with E-state index in [1.165, 1.54) is 0 Å². The fourth-order valence-electron chi connectivity index (χ4n) is 0.994. The Bertz CT molecular complexity index is 57.5. The molecule has 1 aliphatic heterocycles. The minimum Gasteiger partial charge on any atom is -0.396 e. The highest BCUT2D eigenvalue weighted by Crippen LogP contribution is 2.14. The zero-order valence-corrected chi connectivity index (χ0v) is 4.97. The molecule has 8 heavy (non-hydrogen) atoms. The van der Waals surface area contributed by atoms with Gasteiger partial charge in [-0.3, -0.25) is 0 Å². The number of aliphatic hydroxyl groups excluding tert-OH is 1. The second kappa shape index (κ2) is 3.05. The summed E-state index contributed by atoms with van der Waals surface area (Å²) in [5.41, 5.74) is 0. The summed E-state index contributed by atoms with van der Waals surface area (Å²) < 4.78 is 5.10. The molecule has 0 aromatic carbocycles. The molecule has 0 aliphatic carbocycles. The molecule has 0 aromatic rings. The third-order valence-corrected chi connectivity index (χ3v) is 1.56. The van der Waals surface area contributed by atoms with E-state index >= 15 is 0 Å². The van der Waals surface area contributed by atoms with Gasteiger partial charge in [0.1, 0.15) is 0 Å². The molecule has 2 nitrogen and oxygen atoms in total. The molecule has 0 aromatic heterocycles. The van der Waals surface area contributed by atoms with E-state index in [2.05, 4.69) is 0 Å². The second-order valence-corrected chi connectivity index (χ2v) is 2.24. The lowest BCUT2D eigenvalue weighted by molar-refractivity contribution is 0.175. The van der Waals surface area contributed by atoms with Crippen molar-refractivity contribution in [1.82, 2.24) is 0 Å². The zero-order chi connectivity index (χ0) is 5.82. The van der Waals surface area contributed by atoms with Gasteiger partial charge in [-0.05, 0) is 18.8 Å². The quantitative estimate of drug-likeness (QED) is 0.566. The van der Waals surface area contributed by atoms with Gasteiger partial charge in [0.2, 0.25) is 0 Å². The van der Waals surface area contributed by atoms with E-state index in [0.717, 1.165) is 26.1 Å². The average molecular weight is 116 g/mol. The lowest BCUT2D eigenvalue weighted by Crippen LogP contribution is -2.00. The minimum atomic E-state index is 0.314. The molecule has 0 bridgehead atoms. The highest BCUT2D eigenvalue weighted by Gasteiger charge is 2.13. The summed E-state index contributed by atoms with van der Waals surface area (Å²) in [5, 5.41) is 8.47. The molecule has 0 amide bonds. The standard InChI is InChI=1S/C6H12O2/c7-3-1-6-2-4-8-5-6/h6-7H,1-5H2. The maximum absolute atomic E-state index is 8.47. The van der Waals surface area contributed by atoms with Gasteiger partial charge in [0.15, 0.2) is 0 Å². The molecule has 0 saturated carbocycles. The summed E-state index contributed by atoms with van der Waals surface area (Å²) in [6.07, 6.45) is 2.06. The molecule has 1 saturated heterocycles. The number of rotatable bonds is 2. The van der Waals surface area contributed by atoms with E-state index in [0.29, 0.717) is 12.5 Å². The summed E-state index contributed by atoms with van der Waals surface area (Å²) in [6.45, 7) is 2.07. The molecular weight excluding hydrogens is 104 g/mol. The van der Waals surface area contributed by atoms with Gasteiger partial charge in [-0.2, -0.15) is 0 Å². The van der Waals surface area contributed by atoms with Crippen LogP contribution in [0.4, 0.5) is 0 Å². The van der Waals surface area contributed by atoms with Crippen LogP contribution >= 0.6 is 0 Å². The fourth-order valence-corrected chi connectivity index (χ4v) is 0.994. The smallest absolute Gasteiger partial charge is 0.0495 e. The molecule has 1 heterocycles. The molecule has 2 heteroatoms. The third-order valence-electron chi connectivity index (χ3n) is 1.56. The van der Waals surface area contributed by atoms with Crippen molar-refractivity contribution < 1.29 is 9.84 Å². The van der Waals surface area contributed by atoms with Crippen LogP contribution in [-0.4, -0.2) is 24.9 Å². The topological polar surface area (TPSA) is 29.5 Å². The van der Waals surface area contributed by atoms with Gasteiger partial charge in [0.05, 0.1) is 0 Å². The van der Waals surface area contributed by atoms with Crippen LogP contribution in [0.1, 0.15) is 12.8 Å². The Kier molecular flexibility index (Phi) is 2.30. The van der Waals surface area contributed by atoms with Gasteiger partial charge in [0.25, 0.3) is 0 Å². The van der Waals surface area contributed by atoms with E-state index in [1.54, 1.807) is 0 Å². The Hall–Kier alpha value is -0.0800. The molecule has 1 atom stereocenters. The van der Waals surface area contributed by atoms with Crippen molar-refractivity contribution in [1.29, 1.82) is 0 Å². The van der Waals surface area contributed by atoms with Crippen molar-refractivity contribution in [3.63, 3.8) is 0 Å². The molecule has 0 spiro atoms. The van der Waals surface area contributed by atoms with Crippen molar-refractivity contribution in [2.24, 2.45) is 5.92 Å². The SMILES string of the molecule is OCCC1CCOC1. The van der Waals surface area contributed by atoms with E-state index in [9.17, 15) is 0 Å². The first-order valence-electron chi connectivity index (χ1n) is 3.12. The zero-order valence-electron chi connectivity index (χ0n) is 4.97. The molecule has 48 valence electrons. The van der Waals surface area contributed by atoms with Gasteiger partial charge >= 0.3 is 0 Å². The monoisotopic (exact) mass is 116 g/mol. The summed E-state index contributed by atoms with van der Waals surface area (Å²) >= 11 is 0. The van der Waals surface area contributed by atoms with Crippen LogP contribution in [0.3, 0.4) is 0 Å². The van der Waals surface area contributed by atoms with Crippen LogP contribution in [0.2, 0.25) is 0 Å². The van der Waals surface area contributed by atoms with Crippen molar-refractivity contribution in [3.05, 3.63) is 0 Å². The van der Waals surface area contributed by atoms with Crippen LogP contribution in [0.5, 0.6) is 0 Å². The maximum atomic E-state index is 8.47. The summed E-state index contributed by atoms with van der Waals surface area (Å²) in [4.78, 5) is 0. The number of hydrogen-bond donors (Lipinski definition) is 1. The predicted octanol–water partition coefficient (Wildman–Crippen LogP) is 0.405. The first kappa shape index (κ1) is 6.05. The summed E-state index contributed by atoms with van der Waals surface area (Å²) in [6, 6.07) is 0. The Morgan fingerprint density at radius 2 is 2.50 bits per heavy atom. The van der Waals surface area contributed by atoms with E-state index in [-0.39, 0.29) is 0 Å². The van der Waals surface area contributed by atoms with Crippen LogP contribution in [0.15, 0.2) is 0 Å². The Labute approximate surface area is 49.5 Å². The van der Waals surface area contributed by atoms with Gasteiger partial charge in [-0.1, -0.05) is 0 Å². The molecular formula is C6H12O2. The Morgan fingerprint density at radius 1 is 1.62 bits per heavy atom. The van der Waals surface area contributed by atoms with Crippen LogP contribution in [-0.2, 0) is 4.74 Å². The average Bonchev–Trinajstić information content (AvgIpc) is 2.19. The third kappa shape index (κ3) is 1.46. The highest BCUT2D eigenvalue weighted by molar-refractivity contribution is 4.62. The van der Waals surface area contributed by atoms with E-state index in [4.69, 9.17) is 9.84 Å². The highest BCUT2D eigenvalue weighted by atomic mass is 16.5. The largest absolute Gasteiger partial charge is 0.396 e. The Balaban J connectivity index is 2.06. The van der Waals surface area contributed by atoms with Crippen molar-refractivity contribution in [2.75, 3.05) is 19.8 Å².